The first kappa shape index (κ1) is 27.4. The van der Waals surface area contributed by atoms with Gasteiger partial charge >= 0.3 is 0 Å². The molecule has 0 spiro atoms. The van der Waals surface area contributed by atoms with E-state index in [0.717, 1.165) is 33.4 Å². The van der Waals surface area contributed by atoms with Crippen LogP contribution in [-0.2, 0) is 34.0 Å². The maximum absolute atomic E-state index is 11.4. The number of halogens is 2. The zero-order chi connectivity index (χ0) is 27.4. The van der Waals surface area contributed by atoms with Crippen molar-refractivity contribution in [1.82, 2.24) is 14.9 Å². The second kappa shape index (κ2) is 12.3. The number of benzene rings is 3. The summed E-state index contributed by atoms with van der Waals surface area (Å²) in [6, 6.07) is 23.8. The molecule has 1 aliphatic rings. The third-order valence-electron chi connectivity index (χ3n) is 6.79. The van der Waals surface area contributed by atoms with E-state index in [2.05, 4.69) is 10.3 Å². The molecule has 3 atom stereocenters. The quantitative estimate of drug-likeness (QED) is 0.264. The van der Waals surface area contributed by atoms with Crippen LogP contribution in [0.5, 0.6) is 0 Å². The molecule has 1 saturated heterocycles. The molecule has 0 bridgehead atoms. The molecule has 1 fully saturated rings. The lowest BCUT2D eigenvalue weighted by Gasteiger charge is -2.36. The Morgan fingerprint density at radius 2 is 1.74 bits per heavy atom. The molecule has 0 saturated carbocycles. The monoisotopic (exact) mass is 565 g/mol. The summed E-state index contributed by atoms with van der Waals surface area (Å²) in [6.45, 7) is 2.43. The van der Waals surface area contributed by atoms with Crippen molar-refractivity contribution in [3.8, 4) is 11.1 Å². The van der Waals surface area contributed by atoms with Crippen LogP contribution >= 0.6 is 23.2 Å². The zero-order valence-electron chi connectivity index (χ0n) is 21.4. The predicted molar refractivity (Wildman–Crippen MR) is 150 cm³/mol. The standard InChI is InChI=1S/C30H29Cl2N3O4/c1-19(37)33-15-24-4-2-3-5-26(24)21-10-12-23(13-11-21)30-38-25(16-35-18-34-28(31)29(35)32)14-27(39-30)22-8-6-20(17-36)7-9-22/h2-13,18,25,27,30,36H,14-17H2,1H3,(H,33,37)/t25-,27+,30+/m0/s1. The fourth-order valence-corrected chi connectivity index (χ4v) is 5.03. The average molecular weight is 566 g/mol. The zero-order valence-corrected chi connectivity index (χ0v) is 22.9. The van der Waals surface area contributed by atoms with E-state index in [1.165, 1.54) is 6.92 Å². The average Bonchev–Trinajstić information content (AvgIpc) is 3.28. The molecule has 7 nitrogen and oxygen atoms in total. The number of carbonyl (C=O) groups is 1. The summed E-state index contributed by atoms with van der Waals surface area (Å²) in [7, 11) is 0. The summed E-state index contributed by atoms with van der Waals surface area (Å²) in [6.07, 6.45) is 1.17. The fourth-order valence-electron chi connectivity index (χ4n) is 4.72. The summed E-state index contributed by atoms with van der Waals surface area (Å²) < 4.78 is 14.6. The van der Waals surface area contributed by atoms with E-state index in [-0.39, 0.29) is 29.9 Å². The Labute approximate surface area is 237 Å². The summed E-state index contributed by atoms with van der Waals surface area (Å²) >= 11 is 12.4. The van der Waals surface area contributed by atoms with E-state index in [1.54, 1.807) is 10.9 Å². The van der Waals surface area contributed by atoms with E-state index in [1.807, 2.05) is 72.8 Å². The molecule has 0 aliphatic carbocycles. The molecule has 2 N–H and O–H groups in total. The number of ether oxygens (including phenoxy) is 2. The van der Waals surface area contributed by atoms with Gasteiger partial charge in [0, 0.05) is 25.5 Å². The molecule has 5 rings (SSSR count). The van der Waals surface area contributed by atoms with E-state index >= 15 is 0 Å². The second-order valence-corrected chi connectivity index (χ2v) is 10.2. The van der Waals surface area contributed by atoms with Crippen molar-refractivity contribution in [2.45, 2.75) is 51.5 Å². The van der Waals surface area contributed by atoms with Crippen molar-refractivity contribution in [2.75, 3.05) is 0 Å². The molecule has 39 heavy (non-hydrogen) atoms. The van der Waals surface area contributed by atoms with E-state index in [0.29, 0.717) is 24.7 Å². The number of hydrogen-bond acceptors (Lipinski definition) is 5. The van der Waals surface area contributed by atoms with Crippen LogP contribution in [0, 0.1) is 0 Å². The van der Waals surface area contributed by atoms with Gasteiger partial charge in [-0.25, -0.2) is 4.98 Å². The van der Waals surface area contributed by atoms with Crippen LogP contribution in [0.4, 0.5) is 0 Å². The molecule has 2 heterocycles. The van der Waals surface area contributed by atoms with Gasteiger partial charge in [0.25, 0.3) is 0 Å². The summed E-state index contributed by atoms with van der Waals surface area (Å²) in [4.78, 5) is 15.5. The lowest BCUT2D eigenvalue weighted by Crippen LogP contribution is -2.32. The van der Waals surface area contributed by atoms with Gasteiger partial charge in [0.1, 0.15) is 5.15 Å². The van der Waals surface area contributed by atoms with Crippen LogP contribution in [0.1, 0.15) is 48.0 Å². The van der Waals surface area contributed by atoms with Gasteiger partial charge in [-0.05, 0) is 27.8 Å². The number of aromatic nitrogens is 2. The molecule has 1 aromatic heterocycles. The van der Waals surface area contributed by atoms with E-state index < -0.39 is 6.29 Å². The molecule has 0 unspecified atom stereocenters. The van der Waals surface area contributed by atoms with Crippen LogP contribution in [0.3, 0.4) is 0 Å². The molecule has 0 radical (unpaired) electrons. The van der Waals surface area contributed by atoms with E-state index in [4.69, 9.17) is 32.7 Å². The second-order valence-electron chi connectivity index (χ2n) is 9.52. The Morgan fingerprint density at radius 1 is 1.03 bits per heavy atom. The maximum Gasteiger partial charge on any atom is 0.217 e. The molecule has 202 valence electrons. The van der Waals surface area contributed by atoms with Crippen molar-refractivity contribution >= 4 is 29.1 Å². The first-order valence-electron chi connectivity index (χ1n) is 12.7. The number of aliphatic hydroxyl groups is 1. The van der Waals surface area contributed by atoms with Gasteiger partial charge in [0.2, 0.25) is 5.91 Å². The number of nitrogens with zero attached hydrogens (tertiary/aromatic N) is 2. The lowest BCUT2D eigenvalue weighted by molar-refractivity contribution is -0.252. The summed E-state index contributed by atoms with van der Waals surface area (Å²) in [5, 5.41) is 12.9. The van der Waals surface area contributed by atoms with Crippen molar-refractivity contribution in [1.29, 1.82) is 0 Å². The van der Waals surface area contributed by atoms with E-state index in [9.17, 15) is 9.90 Å². The number of nitrogens with one attached hydrogen (secondary N) is 1. The van der Waals surface area contributed by atoms with Gasteiger partial charge in [-0.1, -0.05) is 96.0 Å². The Morgan fingerprint density at radius 3 is 2.41 bits per heavy atom. The van der Waals surface area contributed by atoms with Crippen LogP contribution in [0.2, 0.25) is 10.3 Å². The third kappa shape index (κ3) is 6.52. The van der Waals surface area contributed by atoms with Gasteiger partial charge in [-0.3, -0.25) is 4.79 Å². The molecule has 1 amide bonds. The molecule has 3 aromatic carbocycles. The number of hydrogen-bond donors (Lipinski definition) is 2. The number of rotatable bonds is 8. The Balaban J connectivity index is 1.40. The lowest BCUT2D eigenvalue weighted by atomic mass is 9.97. The first-order valence-corrected chi connectivity index (χ1v) is 13.5. The number of carbonyl (C=O) groups excluding carboxylic acids is 1. The normalized spacial score (nSPS) is 19.1. The van der Waals surface area contributed by atoms with Gasteiger partial charge < -0.3 is 24.5 Å². The maximum atomic E-state index is 11.4. The molecular formula is C30H29Cl2N3O4. The molecular weight excluding hydrogens is 537 g/mol. The van der Waals surface area contributed by atoms with Crippen molar-refractivity contribution in [3.63, 3.8) is 0 Å². The largest absolute Gasteiger partial charge is 0.392 e. The Kier molecular flexibility index (Phi) is 8.65. The fraction of sp³-hybridized carbons (Fsp3) is 0.267. The highest BCUT2D eigenvalue weighted by Gasteiger charge is 2.33. The SMILES string of the molecule is CC(=O)NCc1ccccc1-c1ccc([C@@H]2O[C@H](Cn3cnc(Cl)c3Cl)C[C@H](c3ccc(CO)cc3)O2)cc1. The van der Waals surface area contributed by atoms with Gasteiger partial charge in [0.15, 0.2) is 11.4 Å². The summed E-state index contributed by atoms with van der Waals surface area (Å²) in [5.74, 6) is -0.0684. The Bertz CT molecular complexity index is 1420. The van der Waals surface area contributed by atoms with Gasteiger partial charge in [0.05, 0.1) is 31.7 Å². The van der Waals surface area contributed by atoms with Crippen LogP contribution in [0.25, 0.3) is 11.1 Å². The van der Waals surface area contributed by atoms with Crippen LogP contribution in [0.15, 0.2) is 79.1 Å². The Hall–Kier alpha value is -3.20. The minimum Gasteiger partial charge on any atom is -0.392 e. The number of imidazole rings is 1. The van der Waals surface area contributed by atoms with Gasteiger partial charge in [-0.2, -0.15) is 0 Å². The minimum absolute atomic E-state index is 0.0135. The number of aliphatic hydroxyl groups excluding tert-OH is 1. The third-order valence-corrected chi connectivity index (χ3v) is 7.56. The van der Waals surface area contributed by atoms with Gasteiger partial charge in [-0.15, -0.1) is 0 Å². The summed E-state index contributed by atoms with van der Waals surface area (Å²) in [5.41, 5.74) is 5.84. The van der Waals surface area contributed by atoms with Crippen LogP contribution < -0.4 is 5.32 Å². The molecule has 4 aromatic rings. The first-order chi connectivity index (χ1) is 18.9. The topological polar surface area (TPSA) is 85.6 Å². The van der Waals surface area contributed by atoms with Crippen molar-refractivity contribution in [3.05, 3.63) is 112 Å². The molecule has 1 aliphatic heterocycles. The highest BCUT2D eigenvalue weighted by Crippen LogP contribution is 2.39. The number of amides is 1. The molecule has 9 heteroatoms. The van der Waals surface area contributed by atoms with Crippen molar-refractivity contribution in [2.24, 2.45) is 0 Å². The smallest absolute Gasteiger partial charge is 0.217 e. The highest BCUT2D eigenvalue weighted by molar-refractivity contribution is 6.40. The predicted octanol–water partition coefficient (Wildman–Crippen LogP) is 6.23. The van der Waals surface area contributed by atoms with Crippen molar-refractivity contribution < 1.29 is 19.4 Å². The minimum atomic E-state index is -0.604. The van der Waals surface area contributed by atoms with Crippen LogP contribution in [-0.4, -0.2) is 26.7 Å². The highest BCUT2D eigenvalue weighted by atomic mass is 35.5.